The SMILES string of the molecule is CCC(OC)c1noc(-c2ccc(Br)c(O)c2)n1. The first-order valence-corrected chi connectivity index (χ1v) is 6.30. The van der Waals surface area contributed by atoms with Gasteiger partial charge in [-0.05, 0) is 40.5 Å². The summed E-state index contributed by atoms with van der Waals surface area (Å²) in [4.78, 5) is 4.26. The molecule has 6 heteroatoms. The highest BCUT2D eigenvalue weighted by atomic mass is 79.9. The van der Waals surface area contributed by atoms with Gasteiger partial charge in [-0.1, -0.05) is 12.1 Å². The maximum absolute atomic E-state index is 9.61. The van der Waals surface area contributed by atoms with Crippen LogP contribution in [0.1, 0.15) is 25.3 Å². The Hall–Kier alpha value is -1.40. The molecule has 1 N–H and O–H groups in total. The predicted molar refractivity (Wildman–Crippen MR) is 69.1 cm³/mol. The Balaban J connectivity index is 2.31. The number of halogens is 1. The van der Waals surface area contributed by atoms with E-state index in [0.29, 0.717) is 21.8 Å². The minimum atomic E-state index is -0.174. The van der Waals surface area contributed by atoms with Crippen LogP contribution in [0.5, 0.6) is 5.75 Å². The largest absolute Gasteiger partial charge is 0.507 e. The van der Waals surface area contributed by atoms with Crippen LogP contribution in [0.15, 0.2) is 27.2 Å². The maximum atomic E-state index is 9.61. The van der Waals surface area contributed by atoms with Gasteiger partial charge in [-0.2, -0.15) is 4.98 Å². The molecule has 0 saturated carbocycles. The Morgan fingerprint density at radius 3 is 2.89 bits per heavy atom. The number of phenols is 1. The highest BCUT2D eigenvalue weighted by Gasteiger charge is 2.17. The van der Waals surface area contributed by atoms with E-state index in [4.69, 9.17) is 9.26 Å². The van der Waals surface area contributed by atoms with Crippen molar-refractivity contribution in [1.82, 2.24) is 10.1 Å². The summed E-state index contributed by atoms with van der Waals surface area (Å²) in [6.07, 6.45) is 0.590. The van der Waals surface area contributed by atoms with Gasteiger partial charge in [0.2, 0.25) is 5.82 Å². The van der Waals surface area contributed by atoms with Crippen LogP contribution < -0.4 is 0 Å². The first kappa shape index (κ1) is 13.0. The van der Waals surface area contributed by atoms with Crippen LogP contribution in [-0.4, -0.2) is 22.4 Å². The molecule has 96 valence electrons. The summed E-state index contributed by atoms with van der Waals surface area (Å²) in [6.45, 7) is 1.98. The van der Waals surface area contributed by atoms with Crippen molar-refractivity contribution >= 4 is 15.9 Å². The molecular weight excluding hydrogens is 300 g/mol. The molecule has 0 spiro atoms. The number of benzene rings is 1. The molecule has 0 amide bonds. The van der Waals surface area contributed by atoms with Crippen LogP contribution in [0, 0.1) is 0 Å². The maximum Gasteiger partial charge on any atom is 0.258 e. The van der Waals surface area contributed by atoms with Crippen molar-refractivity contribution in [1.29, 1.82) is 0 Å². The van der Waals surface area contributed by atoms with Crippen molar-refractivity contribution < 1.29 is 14.4 Å². The third-order valence-electron chi connectivity index (χ3n) is 2.58. The first-order valence-electron chi connectivity index (χ1n) is 5.51. The highest BCUT2D eigenvalue weighted by molar-refractivity contribution is 9.10. The highest BCUT2D eigenvalue weighted by Crippen LogP contribution is 2.29. The van der Waals surface area contributed by atoms with Crippen molar-refractivity contribution in [2.24, 2.45) is 0 Å². The van der Waals surface area contributed by atoms with E-state index in [1.165, 1.54) is 0 Å². The molecule has 1 heterocycles. The average Bonchev–Trinajstić information content (AvgIpc) is 2.84. The molecule has 0 aliphatic rings. The van der Waals surface area contributed by atoms with Crippen LogP contribution in [0.3, 0.4) is 0 Å². The molecule has 0 saturated heterocycles. The van der Waals surface area contributed by atoms with Gasteiger partial charge in [-0.15, -0.1) is 0 Å². The van der Waals surface area contributed by atoms with Crippen molar-refractivity contribution in [2.45, 2.75) is 19.4 Å². The summed E-state index contributed by atoms with van der Waals surface area (Å²) in [7, 11) is 1.61. The lowest BCUT2D eigenvalue weighted by Gasteiger charge is -2.06. The molecular formula is C12H13BrN2O3. The molecule has 1 atom stereocenters. The Morgan fingerprint density at radius 2 is 2.28 bits per heavy atom. The molecule has 0 aliphatic heterocycles. The molecule has 0 radical (unpaired) electrons. The van der Waals surface area contributed by atoms with E-state index in [2.05, 4.69) is 26.1 Å². The van der Waals surface area contributed by atoms with E-state index in [1.807, 2.05) is 6.92 Å². The van der Waals surface area contributed by atoms with Crippen LogP contribution in [0.2, 0.25) is 0 Å². The van der Waals surface area contributed by atoms with Gasteiger partial charge in [0.25, 0.3) is 5.89 Å². The fourth-order valence-corrected chi connectivity index (χ4v) is 1.83. The smallest absolute Gasteiger partial charge is 0.258 e. The van der Waals surface area contributed by atoms with Gasteiger partial charge in [-0.3, -0.25) is 0 Å². The topological polar surface area (TPSA) is 68.4 Å². The van der Waals surface area contributed by atoms with E-state index in [-0.39, 0.29) is 11.9 Å². The van der Waals surface area contributed by atoms with Gasteiger partial charge in [-0.25, -0.2) is 0 Å². The first-order chi connectivity index (χ1) is 8.65. The van der Waals surface area contributed by atoms with Crippen LogP contribution in [-0.2, 0) is 4.74 Å². The number of methoxy groups -OCH3 is 1. The minimum Gasteiger partial charge on any atom is -0.507 e. The van der Waals surface area contributed by atoms with Gasteiger partial charge < -0.3 is 14.4 Å². The van der Waals surface area contributed by atoms with Crippen LogP contribution in [0.4, 0.5) is 0 Å². The van der Waals surface area contributed by atoms with Crippen molar-refractivity contribution in [3.05, 3.63) is 28.5 Å². The Bertz CT molecular complexity index is 538. The number of hydrogen-bond acceptors (Lipinski definition) is 5. The van der Waals surface area contributed by atoms with E-state index in [1.54, 1.807) is 25.3 Å². The van der Waals surface area contributed by atoms with Gasteiger partial charge >= 0.3 is 0 Å². The summed E-state index contributed by atoms with van der Waals surface area (Å²) < 4.78 is 11.0. The van der Waals surface area contributed by atoms with Crippen molar-refractivity contribution in [3.63, 3.8) is 0 Å². The van der Waals surface area contributed by atoms with E-state index < -0.39 is 0 Å². The van der Waals surface area contributed by atoms with Crippen molar-refractivity contribution in [3.8, 4) is 17.2 Å². The van der Waals surface area contributed by atoms with Gasteiger partial charge in [0.1, 0.15) is 11.9 Å². The molecule has 18 heavy (non-hydrogen) atoms. The predicted octanol–water partition coefficient (Wildman–Crippen LogP) is 3.30. The Morgan fingerprint density at radius 1 is 1.50 bits per heavy atom. The zero-order valence-corrected chi connectivity index (χ0v) is 11.6. The summed E-state index contributed by atoms with van der Waals surface area (Å²) in [6, 6.07) is 5.08. The fraction of sp³-hybridized carbons (Fsp3) is 0.333. The number of phenolic OH excluding ortho intramolecular Hbond substituents is 1. The zero-order chi connectivity index (χ0) is 13.1. The summed E-state index contributed by atoms with van der Waals surface area (Å²) in [5.74, 6) is 1.01. The second-order valence-electron chi connectivity index (χ2n) is 3.76. The molecule has 0 fully saturated rings. The number of rotatable bonds is 4. The van der Waals surface area contributed by atoms with Gasteiger partial charge in [0.05, 0.1) is 4.47 Å². The Labute approximate surface area is 113 Å². The molecule has 2 aromatic rings. The molecule has 1 aromatic heterocycles. The quantitative estimate of drug-likeness (QED) is 0.938. The molecule has 2 rings (SSSR count). The van der Waals surface area contributed by atoms with E-state index in [9.17, 15) is 5.11 Å². The van der Waals surface area contributed by atoms with Crippen LogP contribution >= 0.6 is 15.9 Å². The summed E-state index contributed by atoms with van der Waals surface area (Å²) in [5.41, 5.74) is 0.667. The molecule has 1 aromatic carbocycles. The second-order valence-corrected chi connectivity index (χ2v) is 4.61. The second kappa shape index (κ2) is 5.49. The lowest BCUT2D eigenvalue weighted by atomic mass is 10.2. The van der Waals surface area contributed by atoms with Crippen molar-refractivity contribution in [2.75, 3.05) is 7.11 Å². The number of aromatic nitrogens is 2. The fourth-order valence-electron chi connectivity index (χ4n) is 1.58. The summed E-state index contributed by atoms with van der Waals surface area (Å²) >= 11 is 3.22. The number of hydrogen-bond donors (Lipinski definition) is 1. The number of ether oxygens (including phenoxy) is 1. The van der Waals surface area contributed by atoms with Crippen LogP contribution in [0.25, 0.3) is 11.5 Å². The van der Waals surface area contributed by atoms with Gasteiger partial charge in [0.15, 0.2) is 0 Å². The lowest BCUT2D eigenvalue weighted by Crippen LogP contribution is -2.01. The molecule has 1 unspecified atom stereocenters. The molecule has 0 bridgehead atoms. The minimum absolute atomic E-state index is 0.131. The molecule has 5 nitrogen and oxygen atoms in total. The number of aromatic hydroxyl groups is 1. The Kier molecular flexibility index (Phi) is 3.98. The van der Waals surface area contributed by atoms with E-state index >= 15 is 0 Å². The standard InChI is InChI=1S/C12H13BrN2O3/c1-3-10(17-2)11-14-12(18-15-11)7-4-5-8(13)9(16)6-7/h4-6,10,16H,3H2,1-2H3. The number of nitrogens with zero attached hydrogens (tertiary/aromatic N) is 2. The third-order valence-corrected chi connectivity index (χ3v) is 3.25. The summed E-state index contributed by atoms with van der Waals surface area (Å²) in [5, 5.41) is 13.5. The third kappa shape index (κ3) is 2.54. The van der Waals surface area contributed by atoms with E-state index in [0.717, 1.165) is 6.42 Å². The molecule has 0 aliphatic carbocycles. The zero-order valence-electron chi connectivity index (χ0n) is 10.1. The van der Waals surface area contributed by atoms with Gasteiger partial charge in [0, 0.05) is 12.7 Å². The monoisotopic (exact) mass is 312 g/mol. The lowest BCUT2D eigenvalue weighted by molar-refractivity contribution is 0.0903. The normalized spacial score (nSPS) is 12.6. The average molecular weight is 313 g/mol.